The van der Waals surface area contributed by atoms with Crippen LogP contribution in [0.1, 0.15) is 33.1 Å². The average molecular weight is 212 g/mol. The zero-order valence-corrected chi connectivity index (χ0v) is 10.4. The van der Waals surface area contributed by atoms with Gasteiger partial charge < -0.3 is 10.2 Å². The minimum atomic E-state index is 0.167. The summed E-state index contributed by atoms with van der Waals surface area (Å²) in [6.07, 6.45) is 3.92. The number of amides is 1. The van der Waals surface area contributed by atoms with Gasteiger partial charge in [0.15, 0.2) is 0 Å². The monoisotopic (exact) mass is 212 g/mol. The van der Waals surface area contributed by atoms with Gasteiger partial charge in [0.05, 0.1) is 6.54 Å². The minimum Gasteiger partial charge on any atom is -0.348 e. The second-order valence-corrected chi connectivity index (χ2v) is 5.08. The van der Waals surface area contributed by atoms with Crippen molar-refractivity contribution in [1.29, 1.82) is 0 Å². The molecule has 0 spiro atoms. The van der Waals surface area contributed by atoms with Crippen LogP contribution in [0.4, 0.5) is 0 Å². The molecule has 1 rings (SSSR count). The van der Waals surface area contributed by atoms with Gasteiger partial charge in [0.25, 0.3) is 0 Å². The van der Waals surface area contributed by atoms with Crippen molar-refractivity contribution in [2.75, 3.05) is 20.6 Å². The Hall–Kier alpha value is -0.570. The lowest BCUT2D eigenvalue weighted by Gasteiger charge is -2.35. The quantitative estimate of drug-likeness (QED) is 0.768. The molecule has 0 aromatic heterocycles. The third kappa shape index (κ3) is 3.49. The maximum absolute atomic E-state index is 11.5. The van der Waals surface area contributed by atoms with Crippen LogP contribution < -0.4 is 5.32 Å². The van der Waals surface area contributed by atoms with Gasteiger partial charge in [0.1, 0.15) is 0 Å². The summed E-state index contributed by atoms with van der Waals surface area (Å²) in [5.74, 6) is 1.56. The van der Waals surface area contributed by atoms with Crippen LogP contribution in [0, 0.1) is 11.8 Å². The standard InChI is InChI=1S/C12H24N2O/c1-9-6-5-7-10(2)12(9)13-8-11(15)14(3)4/h9-10,12-13H,5-8H2,1-4H3/t9-,10+,12?. The van der Waals surface area contributed by atoms with Crippen LogP contribution in [0.15, 0.2) is 0 Å². The molecule has 3 heteroatoms. The van der Waals surface area contributed by atoms with E-state index < -0.39 is 0 Å². The zero-order valence-electron chi connectivity index (χ0n) is 10.4. The molecule has 1 saturated carbocycles. The van der Waals surface area contributed by atoms with Gasteiger partial charge in [0, 0.05) is 20.1 Å². The predicted molar refractivity (Wildman–Crippen MR) is 62.7 cm³/mol. The molecule has 1 aliphatic carbocycles. The number of carbonyl (C=O) groups is 1. The predicted octanol–water partition coefficient (Wildman–Crippen LogP) is 1.49. The molecule has 1 N–H and O–H groups in total. The zero-order chi connectivity index (χ0) is 11.4. The van der Waals surface area contributed by atoms with Crippen molar-refractivity contribution in [1.82, 2.24) is 10.2 Å². The molecule has 1 amide bonds. The topological polar surface area (TPSA) is 32.3 Å². The highest BCUT2D eigenvalue weighted by atomic mass is 16.2. The van der Waals surface area contributed by atoms with E-state index >= 15 is 0 Å². The Kier molecular flexibility index (Phi) is 4.58. The van der Waals surface area contributed by atoms with Crippen molar-refractivity contribution in [2.24, 2.45) is 11.8 Å². The molecular weight excluding hydrogens is 188 g/mol. The summed E-state index contributed by atoms with van der Waals surface area (Å²) >= 11 is 0. The number of nitrogens with one attached hydrogen (secondary N) is 1. The summed E-state index contributed by atoms with van der Waals surface area (Å²) in [4.78, 5) is 13.1. The molecule has 0 aromatic carbocycles. The molecule has 0 heterocycles. The molecule has 0 aliphatic heterocycles. The molecule has 3 nitrogen and oxygen atoms in total. The molecule has 15 heavy (non-hydrogen) atoms. The molecule has 0 saturated heterocycles. The summed E-state index contributed by atoms with van der Waals surface area (Å²) in [6, 6.07) is 0.516. The highest BCUT2D eigenvalue weighted by Gasteiger charge is 2.27. The van der Waals surface area contributed by atoms with E-state index in [-0.39, 0.29) is 5.91 Å². The van der Waals surface area contributed by atoms with Gasteiger partial charge in [0.2, 0.25) is 5.91 Å². The fourth-order valence-corrected chi connectivity index (χ4v) is 2.45. The Labute approximate surface area is 93.2 Å². The molecule has 0 radical (unpaired) electrons. The van der Waals surface area contributed by atoms with Crippen molar-refractivity contribution in [3.05, 3.63) is 0 Å². The fourth-order valence-electron chi connectivity index (χ4n) is 2.45. The Bertz CT molecular complexity index is 206. The van der Waals surface area contributed by atoms with Crippen LogP contribution >= 0.6 is 0 Å². The lowest BCUT2D eigenvalue weighted by atomic mass is 9.79. The third-order valence-corrected chi connectivity index (χ3v) is 3.53. The molecule has 1 fully saturated rings. The van der Waals surface area contributed by atoms with Crippen LogP contribution in [-0.2, 0) is 4.79 Å². The molecule has 1 unspecified atom stereocenters. The van der Waals surface area contributed by atoms with Gasteiger partial charge in [-0.3, -0.25) is 4.79 Å². The van der Waals surface area contributed by atoms with Crippen molar-refractivity contribution in [3.8, 4) is 0 Å². The molecule has 88 valence electrons. The number of rotatable bonds is 3. The van der Waals surface area contributed by atoms with Crippen molar-refractivity contribution < 1.29 is 4.79 Å². The highest BCUT2D eigenvalue weighted by Crippen LogP contribution is 2.28. The number of nitrogens with zero attached hydrogens (tertiary/aromatic N) is 1. The summed E-state index contributed by atoms with van der Waals surface area (Å²) in [7, 11) is 3.61. The summed E-state index contributed by atoms with van der Waals surface area (Å²) < 4.78 is 0. The number of hydrogen-bond donors (Lipinski definition) is 1. The van der Waals surface area contributed by atoms with Crippen LogP contribution in [0.5, 0.6) is 0 Å². The Balaban J connectivity index is 2.38. The van der Waals surface area contributed by atoms with Gasteiger partial charge in [-0.05, 0) is 24.7 Å². The second-order valence-electron chi connectivity index (χ2n) is 5.08. The van der Waals surface area contributed by atoms with E-state index in [4.69, 9.17) is 0 Å². The molecule has 0 bridgehead atoms. The first-order valence-electron chi connectivity index (χ1n) is 5.96. The van der Waals surface area contributed by atoms with E-state index in [0.29, 0.717) is 24.4 Å². The first-order valence-corrected chi connectivity index (χ1v) is 5.96. The van der Waals surface area contributed by atoms with Crippen LogP contribution in [-0.4, -0.2) is 37.5 Å². The largest absolute Gasteiger partial charge is 0.348 e. The number of carbonyl (C=O) groups excluding carboxylic acids is 1. The Morgan fingerprint density at radius 2 is 1.80 bits per heavy atom. The van der Waals surface area contributed by atoms with E-state index in [1.54, 1.807) is 19.0 Å². The van der Waals surface area contributed by atoms with E-state index in [9.17, 15) is 4.79 Å². The Morgan fingerprint density at radius 1 is 1.27 bits per heavy atom. The highest BCUT2D eigenvalue weighted by molar-refractivity contribution is 5.77. The van der Waals surface area contributed by atoms with E-state index in [2.05, 4.69) is 19.2 Å². The smallest absolute Gasteiger partial charge is 0.236 e. The first kappa shape index (κ1) is 12.5. The van der Waals surface area contributed by atoms with Crippen LogP contribution in [0.3, 0.4) is 0 Å². The lowest BCUT2D eigenvalue weighted by Crippen LogP contribution is -2.46. The average Bonchev–Trinajstić information content (AvgIpc) is 2.16. The van der Waals surface area contributed by atoms with Crippen molar-refractivity contribution in [3.63, 3.8) is 0 Å². The van der Waals surface area contributed by atoms with Gasteiger partial charge in [-0.2, -0.15) is 0 Å². The van der Waals surface area contributed by atoms with Crippen LogP contribution in [0.25, 0.3) is 0 Å². The fraction of sp³-hybridized carbons (Fsp3) is 0.917. The molecule has 0 aromatic rings. The summed E-state index contributed by atoms with van der Waals surface area (Å²) in [5.41, 5.74) is 0. The first-order chi connectivity index (χ1) is 7.02. The van der Waals surface area contributed by atoms with E-state index in [1.165, 1.54) is 19.3 Å². The second kappa shape index (κ2) is 5.50. The summed E-state index contributed by atoms with van der Waals surface area (Å²) in [5, 5.41) is 3.41. The maximum atomic E-state index is 11.5. The van der Waals surface area contributed by atoms with Gasteiger partial charge in [-0.15, -0.1) is 0 Å². The molecular formula is C12H24N2O. The SMILES string of the molecule is C[C@@H]1CCC[C@H](C)C1NCC(=O)N(C)C. The number of likely N-dealkylation sites (N-methyl/N-ethyl adjacent to an activating group) is 1. The summed E-state index contributed by atoms with van der Waals surface area (Å²) in [6.45, 7) is 5.05. The van der Waals surface area contributed by atoms with Crippen molar-refractivity contribution in [2.45, 2.75) is 39.2 Å². The van der Waals surface area contributed by atoms with Gasteiger partial charge in [-0.1, -0.05) is 20.3 Å². The number of hydrogen-bond acceptors (Lipinski definition) is 2. The van der Waals surface area contributed by atoms with E-state index in [1.807, 2.05) is 0 Å². The lowest BCUT2D eigenvalue weighted by molar-refractivity contribution is -0.128. The van der Waals surface area contributed by atoms with E-state index in [0.717, 1.165) is 0 Å². The third-order valence-electron chi connectivity index (χ3n) is 3.53. The van der Waals surface area contributed by atoms with Gasteiger partial charge >= 0.3 is 0 Å². The molecule has 1 aliphatic rings. The Morgan fingerprint density at radius 3 is 2.27 bits per heavy atom. The minimum absolute atomic E-state index is 0.167. The van der Waals surface area contributed by atoms with Crippen molar-refractivity contribution >= 4 is 5.91 Å². The molecule has 3 atom stereocenters. The van der Waals surface area contributed by atoms with Gasteiger partial charge in [-0.25, -0.2) is 0 Å². The van der Waals surface area contributed by atoms with Crippen LogP contribution in [0.2, 0.25) is 0 Å². The maximum Gasteiger partial charge on any atom is 0.236 e. The normalized spacial score (nSPS) is 31.3.